The summed E-state index contributed by atoms with van der Waals surface area (Å²) in [6.45, 7) is 4.55. The van der Waals surface area contributed by atoms with Crippen LogP contribution in [-0.4, -0.2) is 33.1 Å². The lowest BCUT2D eigenvalue weighted by atomic mass is 9.33. The van der Waals surface area contributed by atoms with Crippen LogP contribution in [0.3, 0.4) is 0 Å². The smallest absolute Gasteiger partial charge is 0.252 e. The quantitative estimate of drug-likeness (QED) is 0.168. The van der Waals surface area contributed by atoms with Gasteiger partial charge in [0.25, 0.3) is 6.71 Å². The maximum atomic E-state index is 6.40. The van der Waals surface area contributed by atoms with Gasteiger partial charge in [0.1, 0.15) is 0 Å². The third-order valence-corrected chi connectivity index (χ3v) is 11.4. The summed E-state index contributed by atoms with van der Waals surface area (Å²) >= 11 is 0. The molecule has 4 aliphatic rings. The second kappa shape index (κ2) is 13.3. The molecular formula is C49H39BN2O4. The van der Waals surface area contributed by atoms with E-state index in [1.807, 2.05) is 0 Å². The fraction of sp³-hybridized carbons (Fsp3) is 0.143. The molecule has 56 heavy (non-hydrogen) atoms. The monoisotopic (exact) mass is 730 g/mol. The standard InChI is InChI=1S/C49H39BN2O4/c1-32-26-43-49-44(27-32)52(38-20-16-36(17-21-38)34-12-6-3-7-13-34)42-31-48-46(54-23-9-25-56-48)29-40(42)50(49)39-28-45-47(55-24-8-22-53-45)30-41(39)51(43)37-18-14-35(15-19-37)33-10-4-2-5-11-33/h2-7,10-21,26-31H,8-9,22-25H2,1H3. The zero-order valence-corrected chi connectivity index (χ0v) is 31.2. The molecule has 7 aromatic rings. The minimum Gasteiger partial charge on any atom is -0.490 e. The molecule has 6 nitrogen and oxygen atoms in total. The maximum Gasteiger partial charge on any atom is 0.252 e. The number of aryl methyl sites for hydroxylation is 1. The Hall–Kier alpha value is -6.60. The number of hydrogen-bond donors (Lipinski definition) is 0. The molecule has 0 spiro atoms. The Morgan fingerprint density at radius 2 is 0.786 bits per heavy atom. The Morgan fingerprint density at radius 3 is 1.20 bits per heavy atom. The van der Waals surface area contributed by atoms with Crippen LogP contribution in [0.15, 0.2) is 146 Å². The van der Waals surface area contributed by atoms with Gasteiger partial charge < -0.3 is 28.7 Å². The van der Waals surface area contributed by atoms with E-state index >= 15 is 0 Å². The summed E-state index contributed by atoms with van der Waals surface area (Å²) in [5, 5.41) is 0. The number of anilines is 6. The molecule has 0 amide bonds. The molecule has 7 heteroatoms. The molecule has 272 valence electrons. The zero-order chi connectivity index (χ0) is 37.2. The van der Waals surface area contributed by atoms with Gasteiger partial charge in [0.15, 0.2) is 23.0 Å². The van der Waals surface area contributed by atoms with E-state index in [1.54, 1.807) is 0 Å². The lowest BCUT2D eigenvalue weighted by Gasteiger charge is -2.44. The summed E-state index contributed by atoms with van der Waals surface area (Å²) in [5.41, 5.74) is 16.1. The van der Waals surface area contributed by atoms with Crippen molar-refractivity contribution in [1.29, 1.82) is 0 Å². The van der Waals surface area contributed by atoms with Crippen LogP contribution in [0.4, 0.5) is 34.1 Å². The van der Waals surface area contributed by atoms with Gasteiger partial charge in [0, 0.05) is 59.1 Å². The first-order valence-corrected chi connectivity index (χ1v) is 19.6. The summed E-state index contributed by atoms with van der Waals surface area (Å²) < 4.78 is 25.5. The van der Waals surface area contributed by atoms with Crippen molar-refractivity contribution >= 4 is 57.2 Å². The lowest BCUT2D eigenvalue weighted by Crippen LogP contribution is -2.61. The van der Waals surface area contributed by atoms with Crippen LogP contribution in [0.25, 0.3) is 22.3 Å². The van der Waals surface area contributed by atoms with Crippen LogP contribution >= 0.6 is 0 Å². The average Bonchev–Trinajstić information content (AvgIpc) is 3.63. The molecule has 0 fully saturated rings. The third-order valence-electron chi connectivity index (χ3n) is 11.4. The van der Waals surface area contributed by atoms with Crippen molar-refractivity contribution in [2.75, 3.05) is 36.2 Å². The van der Waals surface area contributed by atoms with E-state index < -0.39 is 0 Å². The second-order valence-electron chi connectivity index (χ2n) is 15.0. The SMILES string of the molecule is Cc1cc2c3c(c1)N(c1ccc(-c4ccccc4)cc1)c1cc4c(cc1B3c1cc3c(cc1N2c1ccc(-c2ccccc2)cc1)OCCCO3)OCCCO4. The van der Waals surface area contributed by atoms with E-state index in [-0.39, 0.29) is 6.71 Å². The largest absolute Gasteiger partial charge is 0.490 e. The highest BCUT2D eigenvalue weighted by molar-refractivity contribution is 7.00. The molecule has 7 aromatic carbocycles. The highest BCUT2D eigenvalue weighted by Crippen LogP contribution is 2.48. The molecule has 0 atom stereocenters. The lowest BCUT2D eigenvalue weighted by molar-refractivity contribution is 0.296. The minimum absolute atomic E-state index is 0.111. The van der Waals surface area contributed by atoms with Crippen LogP contribution in [0.1, 0.15) is 18.4 Å². The van der Waals surface area contributed by atoms with E-state index in [2.05, 4.69) is 162 Å². The average molecular weight is 731 g/mol. The van der Waals surface area contributed by atoms with E-state index in [1.165, 1.54) is 33.3 Å². The van der Waals surface area contributed by atoms with Crippen molar-refractivity contribution in [3.05, 3.63) is 151 Å². The molecule has 0 aromatic heterocycles. The fourth-order valence-electron chi connectivity index (χ4n) is 8.86. The fourth-order valence-corrected chi connectivity index (χ4v) is 8.86. The van der Waals surface area contributed by atoms with Crippen LogP contribution in [0, 0.1) is 6.92 Å². The normalized spacial score (nSPS) is 14.9. The Kier molecular flexibility index (Phi) is 7.80. The van der Waals surface area contributed by atoms with E-state index in [4.69, 9.17) is 18.9 Å². The molecule has 0 bridgehead atoms. The topological polar surface area (TPSA) is 43.4 Å². The highest BCUT2D eigenvalue weighted by atomic mass is 16.5. The van der Waals surface area contributed by atoms with Crippen LogP contribution in [-0.2, 0) is 0 Å². The molecule has 0 saturated carbocycles. The number of rotatable bonds is 4. The van der Waals surface area contributed by atoms with Crippen LogP contribution in [0.5, 0.6) is 23.0 Å². The predicted octanol–water partition coefficient (Wildman–Crippen LogP) is 9.73. The number of ether oxygens (including phenoxy) is 4. The number of hydrogen-bond acceptors (Lipinski definition) is 6. The van der Waals surface area contributed by atoms with Gasteiger partial charge in [-0.05, 0) is 99.7 Å². The van der Waals surface area contributed by atoms with Gasteiger partial charge in [-0.1, -0.05) is 84.9 Å². The summed E-state index contributed by atoms with van der Waals surface area (Å²) in [6, 6.07) is 52.5. The Labute approximate surface area is 327 Å². The Bertz CT molecular complexity index is 2430. The number of fused-ring (bicyclic) bond motifs is 6. The Balaban J connectivity index is 1.16. The van der Waals surface area contributed by atoms with Gasteiger partial charge in [0.05, 0.1) is 26.4 Å². The molecule has 0 N–H and O–H groups in total. The molecule has 0 radical (unpaired) electrons. The van der Waals surface area contributed by atoms with Gasteiger partial charge in [-0.25, -0.2) is 0 Å². The summed E-state index contributed by atoms with van der Waals surface area (Å²) in [7, 11) is 0. The number of nitrogens with zero attached hydrogens (tertiary/aromatic N) is 2. The third kappa shape index (κ3) is 5.41. The van der Waals surface area contributed by atoms with Crippen LogP contribution in [0.2, 0.25) is 0 Å². The first-order chi connectivity index (χ1) is 27.7. The molecular weight excluding hydrogens is 691 g/mol. The van der Waals surface area contributed by atoms with Crippen molar-refractivity contribution in [2.24, 2.45) is 0 Å². The molecule has 4 aliphatic heterocycles. The van der Waals surface area contributed by atoms with Gasteiger partial charge in [0.2, 0.25) is 0 Å². The summed E-state index contributed by atoms with van der Waals surface area (Å²) in [4.78, 5) is 4.84. The zero-order valence-electron chi connectivity index (χ0n) is 31.2. The van der Waals surface area contributed by atoms with Gasteiger partial charge in [-0.15, -0.1) is 0 Å². The molecule has 0 unspecified atom stereocenters. The predicted molar refractivity (Wildman–Crippen MR) is 227 cm³/mol. The highest BCUT2D eigenvalue weighted by Gasteiger charge is 2.45. The van der Waals surface area contributed by atoms with Gasteiger partial charge in [-0.3, -0.25) is 0 Å². The number of benzene rings is 7. The molecule has 0 saturated heterocycles. The first-order valence-electron chi connectivity index (χ1n) is 19.6. The van der Waals surface area contributed by atoms with Crippen molar-refractivity contribution in [2.45, 2.75) is 19.8 Å². The van der Waals surface area contributed by atoms with Crippen molar-refractivity contribution in [1.82, 2.24) is 0 Å². The van der Waals surface area contributed by atoms with Gasteiger partial charge >= 0.3 is 0 Å². The molecule has 0 aliphatic carbocycles. The van der Waals surface area contributed by atoms with E-state index in [9.17, 15) is 0 Å². The van der Waals surface area contributed by atoms with Gasteiger partial charge in [-0.2, -0.15) is 0 Å². The van der Waals surface area contributed by atoms with E-state index in [0.717, 1.165) is 80.9 Å². The van der Waals surface area contributed by atoms with Crippen LogP contribution < -0.4 is 45.1 Å². The summed E-state index contributed by atoms with van der Waals surface area (Å²) in [6.07, 6.45) is 1.67. The maximum absolute atomic E-state index is 6.40. The summed E-state index contributed by atoms with van der Waals surface area (Å²) in [5.74, 6) is 3.12. The van der Waals surface area contributed by atoms with E-state index in [0.29, 0.717) is 26.4 Å². The van der Waals surface area contributed by atoms with Crippen molar-refractivity contribution < 1.29 is 18.9 Å². The second-order valence-corrected chi connectivity index (χ2v) is 15.0. The molecule has 11 rings (SSSR count). The first kappa shape index (κ1) is 32.8. The van der Waals surface area contributed by atoms with Crippen molar-refractivity contribution in [3.8, 4) is 45.3 Å². The Morgan fingerprint density at radius 1 is 0.411 bits per heavy atom. The van der Waals surface area contributed by atoms with Crippen molar-refractivity contribution in [3.63, 3.8) is 0 Å². The molecule has 4 heterocycles. The minimum atomic E-state index is -0.111.